The summed E-state index contributed by atoms with van der Waals surface area (Å²) in [5.41, 5.74) is 0.167. The summed E-state index contributed by atoms with van der Waals surface area (Å²) in [5, 5.41) is 9.04. The highest BCUT2D eigenvalue weighted by molar-refractivity contribution is 5.96. The van der Waals surface area contributed by atoms with Crippen LogP contribution in [0.5, 0.6) is 0 Å². The van der Waals surface area contributed by atoms with Crippen molar-refractivity contribution in [1.29, 1.82) is 0 Å². The molecule has 0 amide bonds. The lowest BCUT2D eigenvalue weighted by Crippen LogP contribution is -2.42. The summed E-state index contributed by atoms with van der Waals surface area (Å²) in [6.45, 7) is 1.29. The lowest BCUT2D eigenvalue weighted by atomic mass is 9.91. The number of rotatable bonds is 7. The van der Waals surface area contributed by atoms with E-state index in [0.717, 1.165) is 12.8 Å². The van der Waals surface area contributed by atoms with Crippen LogP contribution in [0.4, 0.5) is 4.39 Å². The highest BCUT2D eigenvalue weighted by Gasteiger charge is 2.25. The molecule has 0 unspecified atom stereocenters. The van der Waals surface area contributed by atoms with Gasteiger partial charge in [-0.15, -0.1) is 0 Å². The van der Waals surface area contributed by atoms with E-state index >= 15 is 0 Å². The number of hydrogen-bond acceptors (Lipinski definition) is 3. The van der Waals surface area contributed by atoms with Gasteiger partial charge in [0.15, 0.2) is 5.78 Å². The molecule has 19 heavy (non-hydrogen) atoms. The highest BCUT2D eigenvalue weighted by atomic mass is 19.1. The Morgan fingerprint density at radius 1 is 1.32 bits per heavy atom. The number of carbonyl (C=O) groups is 1. The fraction of sp³-hybridized carbons (Fsp3) is 0.533. The van der Waals surface area contributed by atoms with Gasteiger partial charge in [-0.25, -0.2) is 4.39 Å². The summed E-state index contributed by atoms with van der Waals surface area (Å²) in [4.78, 5) is 14.1. The zero-order chi connectivity index (χ0) is 13.7. The minimum Gasteiger partial charge on any atom is -0.395 e. The molecule has 1 N–H and O–H groups in total. The van der Waals surface area contributed by atoms with Crippen molar-refractivity contribution in [1.82, 2.24) is 4.90 Å². The van der Waals surface area contributed by atoms with E-state index in [2.05, 4.69) is 4.90 Å². The molecular weight excluding hydrogens is 245 g/mol. The van der Waals surface area contributed by atoms with Gasteiger partial charge in [-0.1, -0.05) is 18.6 Å². The molecular formula is C15H20FNO2. The second kappa shape index (κ2) is 6.78. The maximum absolute atomic E-state index is 13.5. The van der Waals surface area contributed by atoms with Crippen molar-refractivity contribution in [2.45, 2.75) is 31.7 Å². The van der Waals surface area contributed by atoms with Gasteiger partial charge in [0.05, 0.1) is 12.2 Å². The van der Waals surface area contributed by atoms with Crippen LogP contribution in [-0.2, 0) is 0 Å². The maximum atomic E-state index is 13.5. The lowest BCUT2D eigenvalue weighted by molar-refractivity contribution is 0.0838. The first-order chi connectivity index (χ1) is 9.22. The van der Waals surface area contributed by atoms with E-state index in [4.69, 9.17) is 5.11 Å². The van der Waals surface area contributed by atoms with Crippen LogP contribution in [0.15, 0.2) is 24.3 Å². The molecule has 1 aliphatic rings. The van der Waals surface area contributed by atoms with Crippen LogP contribution >= 0.6 is 0 Å². The topological polar surface area (TPSA) is 40.5 Å². The van der Waals surface area contributed by atoms with Crippen molar-refractivity contribution in [2.75, 3.05) is 19.7 Å². The third-order valence-corrected chi connectivity index (χ3v) is 3.78. The Hall–Kier alpha value is -1.26. The zero-order valence-electron chi connectivity index (χ0n) is 11.0. The number of halogens is 1. The van der Waals surface area contributed by atoms with E-state index in [1.54, 1.807) is 12.1 Å². The normalized spacial score (nSPS) is 15.5. The summed E-state index contributed by atoms with van der Waals surface area (Å²) < 4.78 is 13.5. The Morgan fingerprint density at radius 3 is 2.63 bits per heavy atom. The van der Waals surface area contributed by atoms with Crippen LogP contribution < -0.4 is 0 Å². The molecule has 0 saturated heterocycles. The fourth-order valence-electron chi connectivity index (χ4n) is 2.42. The second-order valence-electron chi connectivity index (χ2n) is 5.00. The first kappa shape index (κ1) is 14.2. The molecule has 0 aliphatic heterocycles. The van der Waals surface area contributed by atoms with Gasteiger partial charge in [-0.2, -0.15) is 0 Å². The molecule has 0 bridgehead atoms. The molecule has 1 saturated carbocycles. The lowest BCUT2D eigenvalue weighted by Gasteiger charge is -2.37. The van der Waals surface area contributed by atoms with Gasteiger partial charge in [0.2, 0.25) is 0 Å². The van der Waals surface area contributed by atoms with Crippen LogP contribution in [0.25, 0.3) is 0 Å². The monoisotopic (exact) mass is 265 g/mol. The number of Topliss-reactive ketones (excluding diaryl/α,β-unsaturated/α-hetero) is 1. The molecule has 1 fully saturated rings. The molecule has 0 aromatic heterocycles. The molecule has 0 atom stereocenters. The van der Waals surface area contributed by atoms with E-state index in [-0.39, 0.29) is 18.0 Å². The molecule has 1 aromatic carbocycles. The molecule has 0 heterocycles. The number of ketones is 1. The van der Waals surface area contributed by atoms with Crippen molar-refractivity contribution >= 4 is 5.78 Å². The van der Waals surface area contributed by atoms with Gasteiger partial charge in [-0.05, 0) is 25.0 Å². The van der Waals surface area contributed by atoms with E-state index in [1.165, 1.54) is 18.6 Å². The quantitative estimate of drug-likeness (QED) is 0.769. The SMILES string of the molecule is O=C(CCN(CCO)C1CCC1)c1ccccc1F. The van der Waals surface area contributed by atoms with Gasteiger partial charge in [-0.3, -0.25) is 9.69 Å². The van der Waals surface area contributed by atoms with Crippen molar-refractivity contribution in [2.24, 2.45) is 0 Å². The molecule has 4 heteroatoms. The molecule has 2 rings (SSSR count). The van der Waals surface area contributed by atoms with Crippen molar-refractivity contribution in [3.63, 3.8) is 0 Å². The summed E-state index contributed by atoms with van der Waals surface area (Å²) in [6, 6.07) is 6.58. The Balaban J connectivity index is 1.89. The van der Waals surface area contributed by atoms with Gasteiger partial charge in [0.1, 0.15) is 5.82 Å². The molecule has 0 radical (unpaired) electrons. The Bertz CT molecular complexity index is 432. The number of carbonyl (C=O) groups excluding carboxylic acids is 1. The van der Waals surface area contributed by atoms with E-state index in [1.807, 2.05) is 0 Å². The van der Waals surface area contributed by atoms with Crippen LogP contribution in [0.1, 0.15) is 36.0 Å². The largest absolute Gasteiger partial charge is 0.395 e. The average Bonchev–Trinajstić information content (AvgIpc) is 2.34. The van der Waals surface area contributed by atoms with Crippen molar-refractivity contribution in [3.8, 4) is 0 Å². The average molecular weight is 265 g/mol. The standard InChI is InChI=1S/C15H20FNO2/c16-14-7-2-1-6-13(14)15(19)8-9-17(10-11-18)12-4-3-5-12/h1-2,6-7,12,18H,3-5,8-11H2. The predicted molar refractivity (Wildman–Crippen MR) is 71.6 cm³/mol. The Kier molecular flexibility index (Phi) is 5.05. The number of hydrogen-bond donors (Lipinski definition) is 1. The molecule has 1 aromatic rings. The number of aliphatic hydroxyl groups excluding tert-OH is 1. The first-order valence-corrected chi connectivity index (χ1v) is 6.85. The van der Waals surface area contributed by atoms with E-state index in [9.17, 15) is 9.18 Å². The number of aliphatic hydroxyl groups is 1. The minimum atomic E-state index is -0.454. The molecule has 104 valence electrons. The Labute approximate surface area is 113 Å². The summed E-state index contributed by atoms with van der Waals surface area (Å²) in [6.07, 6.45) is 3.78. The summed E-state index contributed by atoms with van der Waals surface area (Å²) in [7, 11) is 0. The summed E-state index contributed by atoms with van der Waals surface area (Å²) in [5.74, 6) is -0.620. The second-order valence-corrected chi connectivity index (χ2v) is 5.00. The molecule has 0 spiro atoms. The third kappa shape index (κ3) is 3.61. The predicted octanol–water partition coefficient (Wildman–Crippen LogP) is 2.25. The first-order valence-electron chi connectivity index (χ1n) is 6.85. The van der Waals surface area contributed by atoms with Crippen molar-refractivity contribution in [3.05, 3.63) is 35.6 Å². The van der Waals surface area contributed by atoms with E-state index in [0.29, 0.717) is 25.6 Å². The summed E-state index contributed by atoms with van der Waals surface area (Å²) >= 11 is 0. The highest BCUT2D eigenvalue weighted by Crippen LogP contribution is 2.24. The van der Waals surface area contributed by atoms with Crippen LogP contribution in [0.3, 0.4) is 0 Å². The van der Waals surface area contributed by atoms with Crippen molar-refractivity contribution < 1.29 is 14.3 Å². The Morgan fingerprint density at radius 2 is 2.05 bits per heavy atom. The van der Waals surface area contributed by atoms with Crippen LogP contribution in [0, 0.1) is 5.82 Å². The minimum absolute atomic E-state index is 0.102. The third-order valence-electron chi connectivity index (χ3n) is 3.78. The smallest absolute Gasteiger partial charge is 0.167 e. The van der Waals surface area contributed by atoms with E-state index < -0.39 is 5.82 Å². The number of benzene rings is 1. The number of nitrogens with zero attached hydrogens (tertiary/aromatic N) is 1. The maximum Gasteiger partial charge on any atom is 0.167 e. The van der Waals surface area contributed by atoms with Gasteiger partial charge in [0.25, 0.3) is 0 Å². The van der Waals surface area contributed by atoms with Gasteiger partial charge >= 0.3 is 0 Å². The van der Waals surface area contributed by atoms with Crippen LogP contribution in [-0.4, -0.2) is 41.5 Å². The molecule has 1 aliphatic carbocycles. The van der Waals surface area contributed by atoms with Crippen LogP contribution in [0.2, 0.25) is 0 Å². The van der Waals surface area contributed by atoms with Gasteiger partial charge < -0.3 is 5.11 Å². The zero-order valence-corrected chi connectivity index (χ0v) is 11.0. The molecule has 3 nitrogen and oxygen atoms in total. The fourth-order valence-corrected chi connectivity index (χ4v) is 2.42. The van der Waals surface area contributed by atoms with Gasteiger partial charge in [0, 0.05) is 25.6 Å².